The topological polar surface area (TPSA) is 69.0 Å². The van der Waals surface area contributed by atoms with Crippen LogP contribution in [0.5, 0.6) is 0 Å². The summed E-state index contributed by atoms with van der Waals surface area (Å²) >= 11 is 1.55. The Labute approximate surface area is 173 Å². The van der Waals surface area contributed by atoms with Gasteiger partial charge in [-0.25, -0.2) is 14.8 Å². The minimum Gasteiger partial charge on any atom is -0.444 e. The van der Waals surface area contributed by atoms with Gasteiger partial charge in [0.1, 0.15) is 11.6 Å². The maximum atomic E-state index is 12.3. The van der Waals surface area contributed by atoms with Crippen molar-refractivity contribution < 1.29 is 9.53 Å². The van der Waals surface area contributed by atoms with Crippen molar-refractivity contribution in [2.75, 3.05) is 5.32 Å². The average Bonchev–Trinajstić information content (AvgIpc) is 3.29. The van der Waals surface area contributed by atoms with E-state index in [-0.39, 0.29) is 6.61 Å². The largest absolute Gasteiger partial charge is 0.444 e. The zero-order chi connectivity index (χ0) is 20.4. The fourth-order valence-electron chi connectivity index (χ4n) is 3.17. The molecule has 0 aliphatic heterocycles. The molecule has 29 heavy (non-hydrogen) atoms. The highest BCUT2D eigenvalue weighted by molar-refractivity contribution is 7.15. The molecule has 0 fully saturated rings. The zero-order valence-corrected chi connectivity index (χ0v) is 17.4. The first-order valence-electron chi connectivity index (χ1n) is 9.46. The van der Waals surface area contributed by atoms with Crippen LogP contribution in [0.15, 0.2) is 48.8 Å². The number of benzene rings is 2. The zero-order valence-electron chi connectivity index (χ0n) is 16.6. The number of amides is 1. The summed E-state index contributed by atoms with van der Waals surface area (Å²) in [6.45, 7) is 7.11. The number of anilines is 1. The standard InChI is InChI=1S/C22H22N4O2S/c1-4-26-13-23-18-11-16(9-10-19(18)26)25-22(27)28-12-20-15(3)24-21(29-20)17-8-6-5-7-14(17)2/h5-11,13H,4,12H2,1-3H3,(H,25,27). The third-order valence-electron chi connectivity index (χ3n) is 4.81. The lowest BCUT2D eigenvalue weighted by molar-refractivity contribution is 0.156. The van der Waals surface area contributed by atoms with Crippen molar-refractivity contribution in [3.63, 3.8) is 0 Å². The van der Waals surface area contributed by atoms with Crippen molar-refractivity contribution in [3.05, 3.63) is 64.9 Å². The molecule has 148 valence electrons. The predicted octanol–water partition coefficient (Wildman–Crippen LogP) is 5.55. The fraction of sp³-hybridized carbons (Fsp3) is 0.227. The molecule has 2 heterocycles. The quantitative estimate of drug-likeness (QED) is 0.472. The predicted molar refractivity (Wildman–Crippen MR) is 116 cm³/mol. The lowest BCUT2D eigenvalue weighted by Gasteiger charge is -2.07. The van der Waals surface area contributed by atoms with Crippen molar-refractivity contribution in [2.45, 2.75) is 33.9 Å². The van der Waals surface area contributed by atoms with Gasteiger partial charge in [-0.3, -0.25) is 5.32 Å². The van der Waals surface area contributed by atoms with E-state index in [1.165, 1.54) is 5.56 Å². The number of nitrogens with one attached hydrogen (secondary N) is 1. The third kappa shape index (κ3) is 4.00. The van der Waals surface area contributed by atoms with Crippen LogP contribution in [0.4, 0.5) is 10.5 Å². The Morgan fingerprint density at radius 3 is 2.83 bits per heavy atom. The average molecular weight is 407 g/mol. The van der Waals surface area contributed by atoms with Crippen LogP contribution in [0.25, 0.3) is 21.6 Å². The van der Waals surface area contributed by atoms with Crippen LogP contribution in [0.1, 0.15) is 23.1 Å². The number of carbonyl (C=O) groups excluding carboxylic acids is 1. The molecular formula is C22H22N4O2S. The lowest BCUT2D eigenvalue weighted by atomic mass is 10.1. The number of aryl methyl sites for hydroxylation is 3. The first kappa shape index (κ1) is 19.1. The summed E-state index contributed by atoms with van der Waals surface area (Å²) in [5.41, 5.74) is 5.70. The normalized spacial score (nSPS) is 11.0. The van der Waals surface area contributed by atoms with Gasteiger partial charge in [-0.05, 0) is 44.5 Å². The van der Waals surface area contributed by atoms with Gasteiger partial charge in [0.25, 0.3) is 0 Å². The molecular weight excluding hydrogens is 384 g/mol. The second-order valence-corrected chi connectivity index (χ2v) is 7.86. The summed E-state index contributed by atoms with van der Waals surface area (Å²) in [6.07, 6.45) is 1.30. The van der Waals surface area contributed by atoms with Crippen LogP contribution in [0.3, 0.4) is 0 Å². The van der Waals surface area contributed by atoms with Crippen LogP contribution >= 0.6 is 11.3 Å². The Morgan fingerprint density at radius 2 is 2.03 bits per heavy atom. The molecule has 0 aliphatic rings. The summed E-state index contributed by atoms with van der Waals surface area (Å²) in [5.74, 6) is 0. The molecule has 0 aliphatic carbocycles. The molecule has 2 aromatic carbocycles. The second kappa shape index (κ2) is 8.05. The van der Waals surface area contributed by atoms with Crippen molar-refractivity contribution in [2.24, 2.45) is 0 Å². The van der Waals surface area contributed by atoms with Gasteiger partial charge >= 0.3 is 6.09 Å². The number of rotatable bonds is 5. The number of imidazole rings is 1. The van der Waals surface area contributed by atoms with Crippen molar-refractivity contribution in [1.29, 1.82) is 0 Å². The van der Waals surface area contributed by atoms with E-state index >= 15 is 0 Å². The van der Waals surface area contributed by atoms with Crippen LogP contribution in [-0.4, -0.2) is 20.6 Å². The van der Waals surface area contributed by atoms with Crippen LogP contribution in [0, 0.1) is 13.8 Å². The molecule has 1 amide bonds. The molecule has 7 heteroatoms. The van der Waals surface area contributed by atoms with Crippen molar-refractivity contribution in [1.82, 2.24) is 14.5 Å². The number of hydrogen-bond donors (Lipinski definition) is 1. The first-order valence-corrected chi connectivity index (χ1v) is 10.3. The number of ether oxygens (including phenoxy) is 1. The highest BCUT2D eigenvalue weighted by Crippen LogP contribution is 2.30. The van der Waals surface area contributed by atoms with Gasteiger partial charge in [-0.15, -0.1) is 11.3 Å². The number of hydrogen-bond acceptors (Lipinski definition) is 5. The Morgan fingerprint density at radius 1 is 1.21 bits per heavy atom. The minimum atomic E-state index is -0.496. The Hall–Kier alpha value is -3.19. The smallest absolute Gasteiger partial charge is 0.411 e. The molecule has 0 bridgehead atoms. The maximum Gasteiger partial charge on any atom is 0.411 e. The van der Waals surface area contributed by atoms with E-state index in [1.807, 2.05) is 37.3 Å². The molecule has 6 nitrogen and oxygen atoms in total. The van der Waals surface area contributed by atoms with E-state index < -0.39 is 6.09 Å². The second-order valence-electron chi connectivity index (χ2n) is 6.78. The van der Waals surface area contributed by atoms with Gasteiger partial charge in [0.05, 0.1) is 27.9 Å². The van der Waals surface area contributed by atoms with Gasteiger partial charge < -0.3 is 9.30 Å². The molecule has 0 atom stereocenters. The van der Waals surface area contributed by atoms with Gasteiger partial charge in [0.15, 0.2) is 0 Å². The van der Waals surface area contributed by atoms with Crippen LogP contribution in [0.2, 0.25) is 0 Å². The van der Waals surface area contributed by atoms with Crippen molar-refractivity contribution in [3.8, 4) is 10.6 Å². The summed E-state index contributed by atoms with van der Waals surface area (Å²) in [5, 5.41) is 3.71. The van der Waals surface area contributed by atoms with Gasteiger partial charge in [0.2, 0.25) is 0 Å². The van der Waals surface area contributed by atoms with E-state index in [4.69, 9.17) is 4.74 Å². The van der Waals surface area contributed by atoms with Crippen LogP contribution < -0.4 is 5.32 Å². The molecule has 0 unspecified atom stereocenters. The van der Waals surface area contributed by atoms with E-state index in [0.717, 1.165) is 38.7 Å². The Bertz CT molecular complexity index is 1180. The minimum absolute atomic E-state index is 0.188. The number of carbonyl (C=O) groups is 1. The number of fused-ring (bicyclic) bond motifs is 1. The van der Waals surface area contributed by atoms with Crippen LogP contribution in [-0.2, 0) is 17.9 Å². The highest BCUT2D eigenvalue weighted by atomic mass is 32.1. The monoisotopic (exact) mass is 406 g/mol. The lowest BCUT2D eigenvalue weighted by Crippen LogP contribution is -2.13. The van der Waals surface area contributed by atoms with E-state index in [9.17, 15) is 4.79 Å². The maximum absolute atomic E-state index is 12.3. The Balaban J connectivity index is 1.42. The highest BCUT2D eigenvalue weighted by Gasteiger charge is 2.13. The molecule has 4 aromatic rings. The third-order valence-corrected chi connectivity index (χ3v) is 5.97. The summed E-state index contributed by atoms with van der Waals surface area (Å²) in [6, 6.07) is 13.8. The number of thiazole rings is 1. The molecule has 0 saturated carbocycles. The van der Waals surface area contributed by atoms with Gasteiger partial charge in [-0.1, -0.05) is 24.3 Å². The SMILES string of the molecule is CCn1cnc2cc(NC(=O)OCc3sc(-c4ccccc4C)nc3C)ccc21. The summed E-state index contributed by atoms with van der Waals surface area (Å²) in [4.78, 5) is 22.2. The molecule has 0 radical (unpaired) electrons. The summed E-state index contributed by atoms with van der Waals surface area (Å²) in [7, 11) is 0. The van der Waals surface area contributed by atoms with Crippen molar-refractivity contribution >= 4 is 34.2 Å². The number of aromatic nitrogens is 3. The Kier molecular flexibility index (Phi) is 5.31. The molecule has 0 saturated heterocycles. The van der Waals surface area contributed by atoms with E-state index in [2.05, 4.69) is 45.8 Å². The number of nitrogens with zero attached hydrogens (tertiary/aromatic N) is 3. The fourth-order valence-corrected chi connectivity index (χ4v) is 4.23. The van der Waals surface area contributed by atoms with Gasteiger partial charge in [-0.2, -0.15) is 0 Å². The van der Waals surface area contributed by atoms with E-state index in [0.29, 0.717) is 5.69 Å². The molecule has 4 rings (SSSR count). The summed E-state index contributed by atoms with van der Waals surface area (Å²) < 4.78 is 7.48. The molecule has 1 N–H and O–H groups in total. The van der Waals surface area contributed by atoms with E-state index in [1.54, 1.807) is 17.7 Å². The van der Waals surface area contributed by atoms with Gasteiger partial charge in [0, 0.05) is 17.8 Å². The first-order chi connectivity index (χ1) is 14.0. The molecule has 0 spiro atoms. The molecule has 2 aromatic heterocycles.